The molecule has 0 heterocycles. The molecule has 0 bridgehead atoms. The van der Waals surface area contributed by atoms with Gasteiger partial charge in [-0.05, 0) is 25.0 Å². The second-order valence-electron chi connectivity index (χ2n) is 5.35. The maximum atomic E-state index is 12.7. The fraction of sp³-hybridized carbons (Fsp3) is 0.533. The van der Waals surface area contributed by atoms with E-state index in [2.05, 4.69) is 17.9 Å². The summed E-state index contributed by atoms with van der Waals surface area (Å²) in [6.45, 7) is 5.43. The highest BCUT2D eigenvalue weighted by atomic mass is 32.1. The van der Waals surface area contributed by atoms with Crippen LogP contribution in [0.1, 0.15) is 31.9 Å². The first-order chi connectivity index (χ1) is 9.61. The number of hydrogen-bond acceptors (Lipinski definition) is 3. The van der Waals surface area contributed by atoms with E-state index < -0.39 is 23.0 Å². The number of benzene rings is 1. The van der Waals surface area contributed by atoms with Crippen LogP contribution in [-0.4, -0.2) is 23.1 Å². The molecule has 0 aliphatic carbocycles. The third-order valence-electron chi connectivity index (χ3n) is 2.98. The van der Waals surface area contributed by atoms with Crippen molar-refractivity contribution in [1.29, 1.82) is 0 Å². The highest BCUT2D eigenvalue weighted by Gasteiger charge is 2.31. The lowest BCUT2D eigenvalue weighted by molar-refractivity contribution is -0.137. The smallest absolute Gasteiger partial charge is 0.305 e. The molecular weight excluding hydrogens is 299 g/mol. The summed E-state index contributed by atoms with van der Waals surface area (Å²) < 4.78 is 38.1. The molecule has 0 fully saturated rings. The SMILES string of the molecule is CC(C)NC(Cc1cccc(C(F)(F)F)c1)C(=O)C(C)S. The summed E-state index contributed by atoms with van der Waals surface area (Å²) in [4.78, 5) is 12.1. The minimum Gasteiger partial charge on any atom is -0.305 e. The van der Waals surface area contributed by atoms with Gasteiger partial charge >= 0.3 is 6.18 Å². The number of hydrogen-bond donors (Lipinski definition) is 2. The summed E-state index contributed by atoms with van der Waals surface area (Å²) in [6, 6.07) is 4.58. The Labute approximate surface area is 128 Å². The van der Waals surface area contributed by atoms with Crippen molar-refractivity contribution in [3.05, 3.63) is 35.4 Å². The van der Waals surface area contributed by atoms with Crippen molar-refractivity contribution < 1.29 is 18.0 Å². The number of rotatable bonds is 6. The number of nitrogens with one attached hydrogen (secondary N) is 1. The Kier molecular flexibility index (Phi) is 6.28. The van der Waals surface area contributed by atoms with Gasteiger partial charge < -0.3 is 5.32 Å². The van der Waals surface area contributed by atoms with Crippen molar-refractivity contribution in [3.8, 4) is 0 Å². The molecule has 1 aromatic carbocycles. The van der Waals surface area contributed by atoms with Gasteiger partial charge in [0, 0.05) is 6.04 Å². The summed E-state index contributed by atoms with van der Waals surface area (Å²) in [6.07, 6.45) is -4.16. The summed E-state index contributed by atoms with van der Waals surface area (Å²) in [5, 5.41) is 2.62. The first kappa shape index (κ1) is 18.0. The lowest BCUT2D eigenvalue weighted by Crippen LogP contribution is -2.45. The maximum absolute atomic E-state index is 12.7. The molecule has 0 saturated carbocycles. The van der Waals surface area contributed by atoms with E-state index in [1.807, 2.05) is 13.8 Å². The fourth-order valence-corrected chi connectivity index (χ4v) is 2.23. The molecule has 1 rings (SSSR count). The van der Waals surface area contributed by atoms with E-state index in [1.165, 1.54) is 6.07 Å². The molecule has 0 radical (unpaired) electrons. The molecule has 118 valence electrons. The first-order valence-corrected chi connectivity index (χ1v) is 7.27. The predicted octanol–water partition coefficient (Wildman–Crippen LogP) is 3.50. The van der Waals surface area contributed by atoms with Crippen LogP contribution in [-0.2, 0) is 17.4 Å². The van der Waals surface area contributed by atoms with Crippen molar-refractivity contribution in [3.63, 3.8) is 0 Å². The summed E-state index contributed by atoms with van der Waals surface area (Å²) in [7, 11) is 0. The average molecular weight is 319 g/mol. The van der Waals surface area contributed by atoms with Gasteiger partial charge in [0.05, 0.1) is 16.9 Å². The molecule has 1 N–H and O–H groups in total. The summed E-state index contributed by atoms with van der Waals surface area (Å²) in [5.74, 6) is -0.121. The van der Waals surface area contributed by atoms with Crippen LogP contribution in [0.25, 0.3) is 0 Å². The predicted molar refractivity (Wildman–Crippen MR) is 80.7 cm³/mol. The fourth-order valence-electron chi connectivity index (χ4n) is 2.05. The largest absolute Gasteiger partial charge is 0.416 e. The monoisotopic (exact) mass is 319 g/mol. The number of alkyl halides is 3. The Morgan fingerprint density at radius 1 is 1.29 bits per heavy atom. The van der Waals surface area contributed by atoms with E-state index in [-0.39, 0.29) is 18.2 Å². The molecule has 0 aromatic heterocycles. The standard InChI is InChI=1S/C15H20F3NOS/c1-9(2)19-13(14(20)10(3)21)8-11-5-4-6-12(7-11)15(16,17)18/h4-7,9-10,13,19,21H,8H2,1-3H3. The van der Waals surface area contributed by atoms with Gasteiger partial charge in [-0.25, -0.2) is 0 Å². The number of halogens is 3. The molecule has 0 saturated heterocycles. The molecule has 21 heavy (non-hydrogen) atoms. The summed E-state index contributed by atoms with van der Waals surface area (Å²) >= 11 is 4.12. The number of carbonyl (C=O) groups is 1. The zero-order chi connectivity index (χ0) is 16.2. The zero-order valence-corrected chi connectivity index (χ0v) is 13.1. The molecule has 2 nitrogen and oxygen atoms in total. The van der Waals surface area contributed by atoms with E-state index in [4.69, 9.17) is 0 Å². The number of thiol groups is 1. The van der Waals surface area contributed by atoms with Crippen LogP contribution in [0.2, 0.25) is 0 Å². The Morgan fingerprint density at radius 2 is 1.90 bits per heavy atom. The third-order valence-corrected chi connectivity index (χ3v) is 3.24. The minimum absolute atomic E-state index is 0.0526. The van der Waals surface area contributed by atoms with Crippen molar-refractivity contribution in [2.75, 3.05) is 0 Å². The molecule has 6 heteroatoms. The van der Waals surface area contributed by atoms with E-state index in [0.717, 1.165) is 12.1 Å². The topological polar surface area (TPSA) is 29.1 Å². The van der Waals surface area contributed by atoms with Gasteiger partial charge in [0.15, 0.2) is 5.78 Å². The zero-order valence-electron chi connectivity index (χ0n) is 12.2. The van der Waals surface area contributed by atoms with Crippen LogP contribution in [0.5, 0.6) is 0 Å². The number of ketones is 1. The van der Waals surface area contributed by atoms with Crippen molar-refractivity contribution in [1.82, 2.24) is 5.32 Å². The van der Waals surface area contributed by atoms with Crippen LogP contribution >= 0.6 is 12.6 Å². The van der Waals surface area contributed by atoms with Gasteiger partial charge in [-0.2, -0.15) is 25.8 Å². The van der Waals surface area contributed by atoms with Crippen molar-refractivity contribution in [2.45, 2.75) is 50.7 Å². The summed E-state index contributed by atoms with van der Waals surface area (Å²) in [5.41, 5.74) is -0.222. The lowest BCUT2D eigenvalue weighted by Gasteiger charge is -2.22. The average Bonchev–Trinajstić information content (AvgIpc) is 2.35. The van der Waals surface area contributed by atoms with Crippen molar-refractivity contribution >= 4 is 18.4 Å². The number of Topliss-reactive ketones (excluding diaryl/α,β-unsaturated/α-hetero) is 1. The first-order valence-electron chi connectivity index (χ1n) is 6.75. The third kappa shape index (κ3) is 5.71. The second-order valence-corrected chi connectivity index (χ2v) is 6.13. The highest BCUT2D eigenvalue weighted by molar-refractivity contribution is 7.81. The molecule has 0 amide bonds. The number of carbonyl (C=O) groups excluding carboxylic acids is 1. The van der Waals surface area contributed by atoms with Crippen molar-refractivity contribution in [2.24, 2.45) is 0 Å². The van der Waals surface area contributed by atoms with E-state index in [1.54, 1.807) is 13.0 Å². The Hall–Kier alpha value is -1.01. The van der Waals surface area contributed by atoms with Crippen LogP contribution < -0.4 is 5.32 Å². The molecule has 0 aliphatic rings. The van der Waals surface area contributed by atoms with Gasteiger partial charge in [-0.15, -0.1) is 0 Å². The molecule has 2 unspecified atom stereocenters. The van der Waals surface area contributed by atoms with Gasteiger partial charge in [0.25, 0.3) is 0 Å². The van der Waals surface area contributed by atoms with Gasteiger partial charge in [-0.3, -0.25) is 4.79 Å². The highest BCUT2D eigenvalue weighted by Crippen LogP contribution is 2.29. The Bertz CT molecular complexity index is 486. The molecule has 2 atom stereocenters. The van der Waals surface area contributed by atoms with E-state index in [0.29, 0.717) is 5.56 Å². The minimum atomic E-state index is -4.38. The van der Waals surface area contributed by atoms with Crippen LogP contribution in [0, 0.1) is 0 Å². The van der Waals surface area contributed by atoms with Crippen LogP contribution in [0.4, 0.5) is 13.2 Å². The molecule has 0 aliphatic heterocycles. The van der Waals surface area contributed by atoms with Crippen LogP contribution in [0.3, 0.4) is 0 Å². The van der Waals surface area contributed by atoms with E-state index in [9.17, 15) is 18.0 Å². The Balaban J connectivity index is 2.96. The molecular formula is C15H20F3NOS. The maximum Gasteiger partial charge on any atom is 0.416 e. The van der Waals surface area contributed by atoms with E-state index >= 15 is 0 Å². The lowest BCUT2D eigenvalue weighted by atomic mass is 9.98. The van der Waals surface area contributed by atoms with Crippen LogP contribution in [0.15, 0.2) is 24.3 Å². The van der Waals surface area contributed by atoms with Gasteiger partial charge in [0.1, 0.15) is 0 Å². The molecule has 1 aromatic rings. The van der Waals surface area contributed by atoms with Gasteiger partial charge in [0.2, 0.25) is 0 Å². The molecule has 0 spiro atoms. The normalized spacial score (nSPS) is 15.0. The quantitative estimate of drug-likeness (QED) is 0.786. The Morgan fingerprint density at radius 3 is 2.38 bits per heavy atom. The van der Waals surface area contributed by atoms with Gasteiger partial charge in [-0.1, -0.05) is 32.0 Å². The second kappa shape index (κ2) is 7.31.